The monoisotopic (exact) mass is 410 g/mol. The van der Waals surface area contributed by atoms with E-state index in [4.69, 9.17) is 9.72 Å². The van der Waals surface area contributed by atoms with Crippen LogP contribution in [0.15, 0.2) is 35.1 Å². The molecule has 1 atom stereocenters. The van der Waals surface area contributed by atoms with Gasteiger partial charge >= 0.3 is 0 Å². The van der Waals surface area contributed by atoms with E-state index in [1.165, 1.54) is 5.69 Å². The number of morpholine rings is 1. The van der Waals surface area contributed by atoms with Gasteiger partial charge in [-0.15, -0.1) is 11.3 Å². The third-order valence-corrected chi connectivity index (χ3v) is 6.55. The summed E-state index contributed by atoms with van der Waals surface area (Å²) in [6.07, 6.45) is 1.91. The molecule has 154 valence electrons. The zero-order valence-corrected chi connectivity index (χ0v) is 18.6. The molecule has 1 aromatic rings. The van der Waals surface area contributed by atoms with E-state index in [-0.39, 0.29) is 10.8 Å². The van der Waals surface area contributed by atoms with Crippen LogP contribution in [-0.2, 0) is 11.2 Å². The Morgan fingerprint density at radius 2 is 1.93 bits per heavy atom. The van der Waals surface area contributed by atoms with E-state index in [2.05, 4.69) is 50.8 Å². The lowest BCUT2D eigenvalue weighted by Gasteiger charge is -2.29. The minimum Gasteiger partial charge on any atom is -0.378 e. The fourth-order valence-electron chi connectivity index (χ4n) is 4.36. The number of hydrogen-bond acceptors (Lipinski definition) is 5. The molecule has 29 heavy (non-hydrogen) atoms. The molecule has 0 radical (unpaired) electrons. The Labute approximate surface area is 176 Å². The zero-order chi connectivity index (χ0) is 20.6. The van der Waals surface area contributed by atoms with Crippen molar-refractivity contribution in [2.24, 2.45) is 11.3 Å². The fraction of sp³-hybridized carbons (Fsp3) is 0.500. The number of fused-ring (bicyclic) bond motifs is 2. The average Bonchev–Trinajstić information content (AvgIpc) is 2.66. The van der Waals surface area contributed by atoms with Crippen molar-refractivity contribution < 1.29 is 4.74 Å². The van der Waals surface area contributed by atoms with Gasteiger partial charge in [-0.25, -0.2) is 4.98 Å². The van der Waals surface area contributed by atoms with E-state index < -0.39 is 0 Å². The highest BCUT2D eigenvalue weighted by Gasteiger charge is 2.19. The predicted octanol–water partition coefficient (Wildman–Crippen LogP) is 5.21. The summed E-state index contributed by atoms with van der Waals surface area (Å²) in [4.78, 5) is 20.9. The Balaban J connectivity index is 1.66. The van der Waals surface area contributed by atoms with Gasteiger partial charge in [-0.1, -0.05) is 27.7 Å². The van der Waals surface area contributed by atoms with Crippen molar-refractivity contribution in [3.63, 3.8) is 0 Å². The van der Waals surface area contributed by atoms with E-state index in [0.717, 1.165) is 65.5 Å². The zero-order valence-electron chi connectivity index (χ0n) is 17.8. The van der Waals surface area contributed by atoms with Gasteiger partial charge in [0.2, 0.25) is 0 Å². The van der Waals surface area contributed by atoms with Gasteiger partial charge in [-0.2, -0.15) is 0 Å². The van der Waals surface area contributed by atoms with Crippen LogP contribution in [0, 0.1) is 11.3 Å². The minimum absolute atomic E-state index is 0.139. The molecule has 5 heteroatoms. The van der Waals surface area contributed by atoms with Gasteiger partial charge in [0.1, 0.15) is 0 Å². The lowest BCUT2D eigenvalue weighted by Crippen LogP contribution is -2.36. The summed E-state index contributed by atoms with van der Waals surface area (Å²) in [5.41, 5.74) is 4.42. The summed E-state index contributed by atoms with van der Waals surface area (Å²) < 4.78 is 6.58. The highest BCUT2D eigenvalue weighted by atomic mass is 32.1. The summed E-state index contributed by atoms with van der Waals surface area (Å²) in [5.74, 6) is 0.473. The highest BCUT2D eigenvalue weighted by molar-refractivity contribution is 7.21. The number of anilines is 1. The van der Waals surface area contributed by atoms with E-state index in [1.807, 2.05) is 6.07 Å². The molecule has 4 nitrogen and oxygen atoms in total. The van der Waals surface area contributed by atoms with E-state index in [9.17, 15) is 4.79 Å². The van der Waals surface area contributed by atoms with Gasteiger partial charge in [0, 0.05) is 30.4 Å². The van der Waals surface area contributed by atoms with Crippen LogP contribution in [0.2, 0.25) is 0 Å². The number of nitrogens with zero attached hydrogens (tertiary/aromatic N) is 2. The Hall–Kier alpha value is -1.98. The summed E-state index contributed by atoms with van der Waals surface area (Å²) in [5, 5.41) is 0. The first-order chi connectivity index (χ1) is 13.8. The standard InChI is InChI=1S/C24H30N2O2S/c1-16(15-24(2,3)4)11-17-12-20-23(14-21(17)27)29-22-13-18(5-6-19(22)25-20)26-7-9-28-10-8-26/h5-6,12-14,16H,7-11,15H2,1-4H3. The molecule has 3 aliphatic rings. The second-order valence-electron chi connectivity index (χ2n) is 9.47. The van der Waals surface area contributed by atoms with E-state index in [1.54, 1.807) is 17.4 Å². The smallest absolute Gasteiger partial charge is 0.183 e. The molecule has 1 aromatic carbocycles. The van der Waals surface area contributed by atoms with Crippen molar-refractivity contribution in [1.82, 2.24) is 4.98 Å². The molecule has 1 saturated heterocycles. The molecule has 0 amide bonds. The lowest BCUT2D eigenvalue weighted by molar-refractivity contribution is 0.122. The van der Waals surface area contributed by atoms with Crippen molar-refractivity contribution in [2.75, 3.05) is 31.2 Å². The van der Waals surface area contributed by atoms with Crippen molar-refractivity contribution in [1.29, 1.82) is 0 Å². The van der Waals surface area contributed by atoms with Gasteiger partial charge < -0.3 is 9.64 Å². The van der Waals surface area contributed by atoms with Crippen LogP contribution in [0.1, 0.15) is 39.7 Å². The molecule has 2 aliphatic heterocycles. The SMILES string of the molecule is CC(Cc1cc2nc3ccc(N4CCOCC4)cc3sc-2cc1=O)CC(C)(C)C. The van der Waals surface area contributed by atoms with Crippen molar-refractivity contribution >= 4 is 27.2 Å². The third kappa shape index (κ3) is 4.78. The highest BCUT2D eigenvalue weighted by Crippen LogP contribution is 2.33. The maximum absolute atomic E-state index is 12.7. The molecule has 0 bridgehead atoms. The lowest BCUT2D eigenvalue weighted by atomic mass is 9.83. The van der Waals surface area contributed by atoms with Crippen LogP contribution in [-0.4, -0.2) is 31.3 Å². The van der Waals surface area contributed by atoms with E-state index in [0.29, 0.717) is 5.92 Å². The molecule has 1 unspecified atom stereocenters. The average molecular weight is 411 g/mol. The normalized spacial score (nSPS) is 16.5. The van der Waals surface area contributed by atoms with Gasteiger partial charge in [-0.05, 0) is 48.4 Å². The van der Waals surface area contributed by atoms with Gasteiger partial charge in [-0.3, -0.25) is 4.79 Å². The molecule has 4 rings (SSSR count). The summed E-state index contributed by atoms with van der Waals surface area (Å²) in [6.45, 7) is 12.4. The molecule has 2 heterocycles. The molecule has 0 spiro atoms. The summed E-state index contributed by atoms with van der Waals surface area (Å²) in [6, 6.07) is 10.2. The number of rotatable bonds is 4. The van der Waals surface area contributed by atoms with Crippen LogP contribution < -0.4 is 10.3 Å². The largest absolute Gasteiger partial charge is 0.378 e. The quantitative estimate of drug-likeness (QED) is 0.554. The molecular weight excluding hydrogens is 380 g/mol. The first-order valence-corrected chi connectivity index (χ1v) is 11.3. The number of ether oxygens (including phenoxy) is 1. The number of benzene rings is 2. The second kappa shape index (κ2) is 8.04. The fourth-order valence-corrected chi connectivity index (χ4v) is 5.37. The summed E-state index contributed by atoms with van der Waals surface area (Å²) >= 11 is 1.66. The van der Waals surface area contributed by atoms with Crippen LogP contribution in [0.25, 0.3) is 20.8 Å². The number of hydrogen-bond donors (Lipinski definition) is 0. The van der Waals surface area contributed by atoms with Crippen molar-refractivity contribution in [3.8, 4) is 10.6 Å². The van der Waals surface area contributed by atoms with E-state index >= 15 is 0 Å². The van der Waals surface area contributed by atoms with Gasteiger partial charge in [0.25, 0.3) is 0 Å². The first kappa shape index (κ1) is 20.3. The Kier molecular flexibility index (Phi) is 5.63. The predicted molar refractivity (Wildman–Crippen MR) is 122 cm³/mol. The molecule has 1 aliphatic carbocycles. The van der Waals surface area contributed by atoms with Crippen LogP contribution in [0.5, 0.6) is 0 Å². The van der Waals surface area contributed by atoms with Gasteiger partial charge in [0.15, 0.2) is 5.43 Å². The third-order valence-electron chi connectivity index (χ3n) is 5.45. The Bertz CT molecular complexity index is 1030. The molecule has 0 N–H and O–H groups in total. The van der Waals surface area contributed by atoms with Crippen LogP contribution in [0.3, 0.4) is 0 Å². The van der Waals surface area contributed by atoms with Crippen LogP contribution in [0.4, 0.5) is 5.69 Å². The Morgan fingerprint density at radius 3 is 2.66 bits per heavy atom. The van der Waals surface area contributed by atoms with Crippen molar-refractivity contribution in [3.05, 3.63) is 46.1 Å². The maximum Gasteiger partial charge on any atom is 0.183 e. The molecule has 0 saturated carbocycles. The molecule has 1 fully saturated rings. The number of aromatic nitrogens is 1. The first-order valence-electron chi connectivity index (χ1n) is 10.5. The van der Waals surface area contributed by atoms with Crippen LogP contribution >= 0.6 is 11.3 Å². The van der Waals surface area contributed by atoms with Crippen molar-refractivity contribution in [2.45, 2.75) is 40.5 Å². The maximum atomic E-state index is 12.7. The second-order valence-corrected chi connectivity index (χ2v) is 10.6. The topological polar surface area (TPSA) is 42.4 Å². The molecule has 0 aromatic heterocycles. The molecular formula is C24H30N2O2S. The Morgan fingerprint density at radius 1 is 1.17 bits per heavy atom. The van der Waals surface area contributed by atoms with Gasteiger partial charge in [0.05, 0.1) is 34.0 Å². The minimum atomic E-state index is 0.139. The summed E-state index contributed by atoms with van der Waals surface area (Å²) in [7, 11) is 0.